The van der Waals surface area contributed by atoms with Crippen molar-refractivity contribution in [3.63, 3.8) is 0 Å². The average molecular weight is 291 g/mol. The Morgan fingerprint density at radius 1 is 1.35 bits per heavy atom. The van der Waals surface area contributed by atoms with Crippen LogP contribution < -0.4 is 5.73 Å². The van der Waals surface area contributed by atoms with Gasteiger partial charge in [0, 0.05) is 12.0 Å². The van der Waals surface area contributed by atoms with Gasteiger partial charge in [0.05, 0.1) is 12.0 Å². The van der Waals surface area contributed by atoms with E-state index in [0.29, 0.717) is 16.3 Å². The Labute approximate surface area is 119 Å². The van der Waals surface area contributed by atoms with Crippen molar-refractivity contribution in [1.82, 2.24) is 9.97 Å². The number of carboxylic acids is 1. The molecule has 0 unspecified atom stereocenters. The normalized spacial score (nSPS) is 12.1. The lowest BCUT2D eigenvalue weighted by molar-refractivity contribution is -0.138. The van der Waals surface area contributed by atoms with E-state index < -0.39 is 12.0 Å². The van der Waals surface area contributed by atoms with Crippen molar-refractivity contribution >= 4 is 22.8 Å². The Morgan fingerprint density at radius 2 is 2.05 bits per heavy atom. The molecule has 4 N–H and O–H groups in total. The largest absolute Gasteiger partial charge is 0.480 e. The van der Waals surface area contributed by atoms with E-state index in [1.807, 2.05) is 6.07 Å². The van der Waals surface area contributed by atoms with Crippen LogP contribution in [0.4, 0.5) is 0 Å². The van der Waals surface area contributed by atoms with Gasteiger partial charge in [-0.05, 0) is 11.8 Å². The summed E-state index contributed by atoms with van der Waals surface area (Å²) in [7, 11) is 0. The zero-order valence-corrected chi connectivity index (χ0v) is 11.3. The summed E-state index contributed by atoms with van der Waals surface area (Å²) in [5.41, 5.74) is 6.59. The molecule has 0 amide bonds. The Hall–Kier alpha value is -2.12. The Bertz CT molecular complexity index is 612. The molecule has 0 aliphatic carbocycles. The van der Waals surface area contributed by atoms with Crippen LogP contribution >= 0.6 is 11.8 Å². The van der Waals surface area contributed by atoms with Crippen LogP contribution in [0, 0.1) is 0 Å². The molecule has 0 fully saturated rings. The van der Waals surface area contributed by atoms with Crippen molar-refractivity contribution < 1.29 is 14.7 Å². The maximum Gasteiger partial charge on any atom is 0.320 e. The van der Waals surface area contributed by atoms with Gasteiger partial charge in [0.1, 0.15) is 11.1 Å². The number of carbonyl (C=O) groups excluding carboxylic acids is 1. The van der Waals surface area contributed by atoms with Crippen LogP contribution in [-0.2, 0) is 11.2 Å². The van der Waals surface area contributed by atoms with Gasteiger partial charge in [-0.3, -0.25) is 9.59 Å². The molecule has 20 heavy (non-hydrogen) atoms. The van der Waals surface area contributed by atoms with Crippen LogP contribution in [0.15, 0.2) is 41.7 Å². The van der Waals surface area contributed by atoms with E-state index in [0.717, 1.165) is 11.8 Å². The van der Waals surface area contributed by atoms with Gasteiger partial charge < -0.3 is 15.8 Å². The lowest BCUT2D eigenvalue weighted by atomic mass is 10.2. The van der Waals surface area contributed by atoms with Crippen molar-refractivity contribution in [3.8, 4) is 0 Å². The molecule has 0 radical (unpaired) electrons. The molecule has 1 aromatic heterocycles. The first-order valence-corrected chi connectivity index (χ1v) is 6.67. The number of rotatable bonds is 5. The van der Waals surface area contributed by atoms with Crippen LogP contribution in [0.1, 0.15) is 16.1 Å². The van der Waals surface area contributed by atoms with Crippen LogP contribution in [-0.4, -0.2) is 32.2 Å². The maximum atomic E-state index is 12.0. The van der Waals surface area contributed by atoms with E-state index in [1.165, 1.54) is 6.33 Å². The topological polar surface area (TPSA) is 109 Å². The van der Waals surface area contributed by atoms with Gasteiger partial charge >= 0.3 is 5.97 Å². The highest BCUT2D eigenvalue weighted by molar-refractivity contribution is 8.14. The number of imidazole rings is 1. The summed E-state index contributed by atoms with van der Waals surface area (Å²) in [5.74, 6) is -1.09. The molecule has 6 nitrogen and oxygen atoms in total. The molecule has 0 aliphatic rings. The second-order valence-electron chi connectivity index (χ2n) is 4.09. The predicted molar refractivity (Wildman–Crippen MR) is 74.5 cm³/mol. The van der Waals surface area contributed by atoms with Gasteiger partial charge in [0.25, 0.3) is 0 Å². The molecule has 1 heterocycles. The summed E-state index contributed by atoms with van der Waals surface area (Å²) >= 11 is 0.954. The molecule has 2 rings (SSSR count). The number of H-pyrrole nitrogens is 1. The van der Waals surface area contributed by atoms with Gasteiger partial charge in [-0.2, -0.15) is 0 Å². The number of hydrogen-bond acceptors (Lipinski definition) is 5. The fourth-order valence-corrected chi connectivity index (χ4v) is 2.37. The minimum atomic E-state index is -1.09. The van der Waals surface area contributed by atoms with Gasteiger partial charge in [0.2, 0.25) is 5.12 Å². The van der Waals surface area contributed by atoms with E-state index in [4.69, 9.17) is 10.8 Å². The molecular formula is C13H13N3O3S. The maximum absolute atomic E-state index is 12.0. The second kappa shape index (κ2) is 6.36. The number of hydrogen-bond donors (Lipinski definition) is 3. The Balaban J connectivity index is 2.09. The summed E-state index contributed by atoms with van der Waals surface area (Å²) in [6, 6.07) is 7.78. The van der Waals surface area contributed by atoms with Crippen molar-refractivity contribution in [2.45, 2.75) is 17.5 Å². The van der Waals surface area contributed by atoms with Crippen molar-refractivity contribution in [1.29, 1.82) is 0 Å². The summed E-state index contributed by atoms with van der Waals surface area (Å²) in [6.07, 6.45) is 1.52. The number of aromatic nitrogens is 2. The number of carboxylic acid groups (broad SMARTS) is 1. The molecule has 0 bridgehead atoms. The molecular weight excluding hydrogens is 278 g/mol. The van der Waals surface area contributed by atoms with Crippen molar-refractivity contribution in [3.05, 3.63) is 47.9 Å². The molecule has 0 spiro atoms. The fourth-order valence-electron chi connectivity index (χ4n) is 1.57. The summed E-state index contributed by atoms with van der Waals surface area (Å²) in [6.45, 7) is 0. The third-order valence-electron chi connectivity index (χ3n) is 2.62. The number of thioether (sulfide) groups is 1. The molecule has 1 aromatic carbocycles. The highest BCUT2D eigenvalue weighted by Gasteiger charge is 2.18. The molecule has 104 valence electrons. The summed E-state index contributed by atoms with van der Waals surface area (Å²) in [4.78, 5) is 29.6. The smallest absolute Gasteiger partial charge is 0.320 e. The van der Waals surface area contributed by atoms with Crippen molar-refractivity contribution in [2.75, 3.05) is 0 Å². The number of nitrogens with zero attached hydrogens (tertiary/aromatic N) is 1. The lowest BCUT2D eigenvalue weighted by Crippen LogP contribution is -2.32. The van der Waals surface area contributed by atoms with Crippen molar-refractivity contribution in [2.24, 2.45) is 5.73 Å². The van der Waals surface area contributed by atoms with Crippen LogP contribution in [0.25, 0.3) is 0 Å². The van der Waals surface area contributed by atoms with E-state index in [-0.39, 0.29) is 11.5 Å². The van der Waals surface area contributed by atoms with Gasteiger partial charge in [-0.15, -0.1) is 0 Å². The Morgan fingerprint density at radius 3 is 2.70 bits per heavy atom. The minimum absolute atomic E-state index is 0.0970. The number of aliphatic carboxylic acids is 1. The number of benzene rings is 1. The molecule has 0 aliphatic heterocycles. The molecule has 0 saturated carbocycles. The highest BCUT2D eigenvalue weighted by Crippen LogP contribution is 2.24. The second-order valence-corrected chi connectivity index (χ2v) is 5.05. The first-order valence-electron chi connectivity index (χ1n) is 5.86. The summed E-state index contributed by atoms with van der Waals surface area (Å²) in [5, 5.41) is 9.10. The lowest BCUT2D eigenvalue weighted by Gasteiger charge is -2.06. The molecule has 7 heteroatoms. The van der Waals surface area contributed by atoms with E-state index in [2.05, 4.69) is 9.97 Å². The van der Waals surface area contributed by atoms with E-state index in [9.17, 15) is 9.59 Å². The predicted octanol–water partition coefficient (Wildman–Crippen LogP) is 1.30. The molecule has 0 saturated heterocycles. The summed E-state index contributed by atoms with van der Waals surface area (Å²) < 4.78 is 0. The van der Waals surface area contributed by atoms with Crippen LogP contribution in [0.2, 0.25) is 0 Å². The number of nitrogens with one attached hydrogen (secondary N) is 1. The van der Waals surface area contributed by atoms with Gasteiger partial charge in [0.15, 0.2) is 0 Å². The molecule has 2 aromatic rings. The van der Waals surface area contributed by atoms with Gasteiger partial charge in [-0.25, -0.2) is 4.98 Å². The number of carbonyl (C=O) groups is 2. The molecule has 1 atom stereocenters. The average Bonchev–Trinajstić information content (AvgIpc) is 2.86. The third kappa shape index (κ3) is 3.46. The number of nitrogens with two attached hydrogens (primary N) is 1. The van der Waals surface area contributed by atoms with Gasteiger partial charge in [-0.1, -0.05) is 30.3 Å². The van der Waals surface area contributed by atoms with E-state index >= 15 is 0 Å². The zero-order chi connectivity index (χ0) is 14.5. The fraction of sp³-hybridized carbons (Fsp3) is 0.154. The SMILES string of the molecule is N[C@@H](Cc1[nH]cnc1SC(=O)c1ccccc1)C(=O)O. The zero-order valence-electron chi connectivity index (χ0n) is 10.4. The number of aromatic amines is 1. The third-order valence-corrected chi connectivity index (χ3v) is 3.59. The first-order chi connectivity index (χ1) is 9.58. The highest BCUT2D eigenvalue weighted by atomic mass is 32.2. The standard InChI is InChI=1S/C13H13N3O3S/c14-9(12(17)18)6-10-11(16-7-15-10)20-13(19)8-4-2-1-3-5-8/h1-5,7,9H,6,14H2,(H,15,16)(H,17,18)/t9-/m0/s1. The Kier molecular flexibility index (Phi) is 4.54. The quantitative estimate of drug-likeness (QED) is 0.716. The van der Waals surface area contributed by atoms with E-state index in [1.54, 1.807) is 24.3 Å². The first kappa shape index (κ1) is 14.3. The van der Waals surface area contributed by atoms with Crippen LogP contribution in [0.5, 0.6) is 0 Å². The minimum Gasteiger partial charge on any atom is -0.480 e. The monoisotopic (exact) mass is 291 g/mol. The van der Waals surface area contributed by atoms with Crippen LogP contribution in [0.3, 0.4) is 0 Å².